The van der Waals surface area contributed by atoms with Crippen molar-refractivity contribution in [3.8, 4) is 0 Å². The summed E-state index contributed by atoms with van der Waals surface area (Å²) in [5.74, 6) is 0.620. The Kier molecular flexibility index (Phi) is 4.28. The van der Waals surface area contributed by atoms with Gasteiger partial charge in [0.15, 0.2) is 0 Å². The highest BCUT2D eigenvalue weighted by Crippen LogP contribution is 2.16. The second-order valence-electron chi connectivity index (χ2n) is 3.29. The van der Waals surface area contributed by atoms with Crippen molar-refractivity contribution in [3.63, 3.8) is 0 Å². The van der Waals surface area contributed by atoms with Gasteiger partial charge in [-0.2, -0.15) is 0 Å². The molecular formula is C8H16IN3. The topological polar surface area (TPSA) is 47.9 Å². The first-order chi connectivity index (χ1) is 5.77. The second kappa shape index (κ2) is 5.01. The largest absolute Gasteiger partial charge is 0.316 e. The Morgan fingerprint density at radius 2 is 2.42 bits per heavy atom. The van der Waals surface area contributed by atoms with E-state index in [1.807, 2.05) is 22.9 Å². The summed E-state index contributed by atoms with van der Waals surface area (Å²) >= 11 is 2.02. The maximum atomic E-state index is 7.58. The summed E-state index contributed by atoms with van der Waals surface area (Å²) in [7, 11) is 0. The zero-order valence-corrected chi connectivity index (χ0v) is 9.52. The highest BCUT2D eigenvalue weighted by molar-refractivity contribution is 14.1. The van der Waals surface area contributed by atoms with Crippen molar-refractivity contribution < 1.29 is 0 Å². The van der Waals surface area contributed by atoms with Crippen LogP contribution in [0, 0.1) is 5.41 Å². The molecule has 0 aromatic heterocycles. The molecule has 0 aliphatic carbocycles. The Balaban J connectivity index is 2.30. The molecule has 70 valence electrons. The highest BCUT2D eigenvalue weighted by Gasteiger charge is 2.25. The Labute approximate surface area is 87.7 Å². The van der Waals surface area contributed by atoms with Crippen LogP contribution < -0.4 is 8.85 Å². The molecule has 1 rings (SSSR count). The summed E-state index contributed by atoms with van der Waals surface area (Å²) in [6, 6.07) is 0.920. The number of rotatable bonds is 3. The number of halogens is 1. The lowest BCUT2D eigenvalue weighted by molar-refractivity contribution is 0.538. The fourth-order valence-electron chi connectivity index (χ4n) is 1.69. The molecule has 3 N–H and O–H groups in total. The molecule has 0 aromatic carbocycles. The molecule has 1 unspecified atom stereocenters. The van der Waals surface area contributed by atoms with Gasteiger partial charge in [-0.05, 0) is 19.3 Å². The van der Waals surface area contributed by atoms with Crippen LogP contribution >= 0.6 is 22.9 Å². The maximum Gasteiger partial charge on any atom is 0.119 e. The normalized spacial score (nSPS) is 28.8. The van der Waals surface area contributed by atoms with E-state index in [0.717, 1.165) is 6.42 Å². The van der Waals surface area contributed by atoms with Crippen molar-refractivity contribution in [2.75, 3.05) is 0 Å². The summed E-state index contributed by atoms with van der Waals surface area (Å²) in [5.41, 5.74) is 0. The average molecular weight is 281 g/mol. The van der Waals surface area contributed by atoms with Crippen LogP contribution in [0.4, 0.5) is 0 Å². The molecule has 0 amide bonds. The van der Waals surface area contributed by atoms with Crippen molar-refractivity contribution in [1.29, 1.82) is 5.41 Å². The molecule has 0 spiro atoms. The molecule has 12 heavy (non-hydrogen) atoms. The third kappa shape index (κ3) is 2.58. The molecule has 3 nitrogen and oxygen atoms in total. The first kappa shape index (κ1) is 10.2. The van der Waals surface area contributed by atoms with E-state index in [1.165, 1.54) is 19.3 Å². The van der Waals surface area contributed by atoms with Crippen molar-refractivity contribution in [2.24, 2.45) is 0 Å². The minimum absolute atomic E-state index is 0.276. The van der Waals surface area contributed by atoms with Gasteiger partial charge in [-0.15, -0.1) is 0 Å². The van der Waals surface area contributed by atoms with Gasteiger partial charge in [-0.25, -0.2) is 0 Å². The fourth-order valence-corrected chi connectivity index (χ4v) is 2.06. The minimum Gasteiger partial charge on any atom is -0.316 e. The second-order valence-corrected chi connectivity index (χ2v) is 3.83. The number of hydrogen-bond acceptors (Lipinski definition) is 2. The molecule has 0 bridgehead atoms. The van der Waals surface area contributed by atoms with Crippen molar-refractivity contribution in [3.05, 3.63) is 0 Å². The van der Waals surface area contributed by atoms with Crippen LogP contribution in [-0.2, 0) is 0 Å². The van der Waals surface area contributed by atoms with Crippen LogP contribution in [0.1, 0.15) is 32.6 Å². The number of nitrogens with one attached hydrogen (secondary N) is 3. The monoisotopic (exact) mass is 281 g/mol. The lowest BCUT2D eigenvalue weighted by Crippen LogP contribution is -2.39. The van der Waals surface area contributed by atoms with Gasteiger partial charge in [0.05, 0.1) is 28.9 Å². The van der Waals surface area contributed by atoms with E-state index in [4.69, 9.17) is 5.41 Å². The number of amidine groups is 1. The summed E-state index contributed by atoms with van der Waals surface area (Å²) in [4.78, 5) is 0. The lowest BCUT2D eigenvalue weighted by atomic mass is 10.1. The van der Waals surface area contributed by atoms with Crippen LogP contribution in [0.25, 0.3) is 0 Å². The van der Waals surface area contributed by atoms with Gasteiger partial charge in [-0.3, -0.25) is 5.41 Å². The lowest BCUT2D eigenvalue weighted by Gasteiger charge is -2.13. The molecule has 2 atom stereocenters. The number of hydrogen-bond donors (Lipinski definition) is 3. The van der Waals surface area contributed by atoms with Gasteiger partial charge in [0, 0.05) is 6.04 Å². The predicted molar refractivity (Wildman–Crippen MR) is 59.7 cm³/mol. The fraction of sp³-hybridized carbons (Fsp3) is 0.875. The molecule has 1 saturated heterocycles. The SMILES string of the molecule is CCC[C@H]1CCC(C(=N)NI)N1. The molecule has 0 saturated carbocycles. The summed E-state index contributed by atoms with van der Waals surface area (Å²) in [6.45, 7) is 2.21. The summed E-state index contributed by atoms with van der Waals surface area (Å²) in [5, 5.41) is 11.0. The first-order valence-electron chi connectivity index (χ1n) is 4.49. The molecule has 0 aromatic rings. The average Bonchev–Trinajstić information content (AvgIpc) is 2.52. The van der Waals surface area contributed by atoms with Crippen molar-refractivity contribution in [1.82, 2.24) is 8.85 Å². The van der Waals surface area contributed by atoms with E-state index in [1.54, 1.807) is 0 Å². The van der Waals surface area contributed by atoms with Crippen molar-refractivity contribution >= 4 is 28.7 Å². The van der Waals surface area contributed by atoms with Crippen LogP contribution in [0.2, 0.25) is 0 Å². The Hall–Kier alpha value is 0.160. The molecule has 1 heterocycles. The molecule has 0 radical (unpaired) electrons. The van der Waals surface area contributed by atoms with Crippen LogP contribution in [-0.4, -0.2) is 17.9 Å². The van der Waals surface area contributed by atoms with E-state index in [2.05, 4.69) is 15.8 Å². The van der Waals surface area contributed by atoms with Crippen LogP contribution in [0.3, 0.4) is 0 Å². The van der Waals surface area contributed by atoms with Gasteiger partial charge in [-0.1, -0.05) is 13.3 Å². The third-order valence-corrected chi connectivity index (χ3v) is 2.91. The summed E-state index contributed by atoms with van der Waals surface area (Å²) in [6.07, 6.45) is 4.80. The van der Waals surface area contributed by atoms with E-state index < -0.39 is 0 Å². The Bertz CT molecular complexity index is 160. The smallest absolute Gasteiger partial charge is 0.119 e. The van der Waals surface area contributed by atoms with E-state index in [-0.39, 0.29) is 6.04 Å². The van der Waals surface area contributed by atoms with Gasteiger partial charge in [0.25, 0.3) is 0 Å². The quantitative estimate of drug-likeness (QED) is 0.320. The van der Waals surface area contributed by atoms with Crippen LogP contribution in [0.5, 0.6) is 0 Å². The van der Waals surface area contributed by atoms with E-state index >= 15 is 0 Å². The maximum absolute atomic E-state index is 7.58. The molecule has 4 heteroatoms. The van der Waals surface area contributed by atoms with E-state index in [0.29, 0.717) is 11.9 Å². The molecular weight excluding hydrogens is 265 g/mol. The van der Waals surface area contributed by atoms with Gasteiger partial charge >= 0.3 is 0 Å². The third-order valence-electron chi connectivity index (χ3n) is 2.33. The van der Waals surface area contributed by atoms with Crippen LogP contribution in [0.15, 0.2) is 0 Å². The molecule has 1 aliphatic heterocycles. The van der Waals surface area contributed by atoms with Gasteiger partial charge in [0.2, 0.25) is 0 Å². The minimum atomic E-state index is 0.276. The van der Waals surface area contributed by atoms with E-state index in [9.17, 15) is 0 Å². The van der Waals surface area contributed by atoms with Gasteiger partial charge < -0.3 is 8.85 Å². The summed E-state index contributed by atoms with van der Waals surface area (Å²) < 4.78 is 2.86. The standard InChI is InChI=1S/C8H16IN3/c1-2-3-6-4-5-7(11-6)8(10)12-9/h6-7,11H,2-5H2,1H3,(H2,10,12)/t6-,7?/m0/s1. The molecule has 1 fully saturated rings. The zero-order valence-electron chi connectivity index (χ0n) is 7.36. The van der Waals surface area contributed by atoms with Gasteiger partial charge in [0.1, 0.15) is 5.84 Å². The molecule has 1 aliphatic rings. The first-order valence-corrected chi connectivity index (χ1v) is 5.57. The zero-order chi connectivity index (χ0) is 8.97. The van der Waals surface area contributed by atoms with Crippen molar-refractivity contribution in [2.45, 2.75) is 44.7 Å². The Morgan fingerprint density at radius 3 is 3.00 bits per heavy atom. The Morgan fingerprint density at radius 1 is 1.67 bits per heavy atom. The predicted octanol–water partition coefficient (Wildman–Crippen LogP) is 1.82. The highest BCUT2D eigenvalue weighted by atomic mass is 127.